The van der Waals surface area contributed by atoms with Gasteiger partial charge in [0, 0.05) is 5.41 Å². The zero-order chi connectivity index (χ0) is 18.3. The van der Waals surface area contributed by atoms with Crippen molar-refractivity contribution in [2.75, 3.05) is 0 Å². The van der Waals surface area contributed by atoms with E-state index >= 15 is 0 Å². The second kappa shape index (κ2) is 6.16. The van der Waals surface area contributed by atoms with Gasteiger partial charge in [-0.1, -0.05) is 45.9 Å². The lowest BCUT2D eigenvalue weighted by molar-refractivity contribution is 0.0898. The summed E-state index contributed by atoms with van der Waals surface area (Å²) in [5.74, 6) is 0.872. The van der Waals surface area contributed by atoms with Crippen LogP contribution >= 0.6 is 0 Å². The van der Waals surface area contributed by atoms with Crippen LogP contribution in [0.1, 0.15) is 57.7 Å². The number of aryl methyl sites for hydroxylation is 2. The van der Waals surface area contributed by atoms with E-state index in [1.807, 2.05) is 32.9 Å². The molecule has 1 aliphatic carbocycles. The van der Waals surface area contributed by atoms with Gasteiger partial charge in [0.15, 0.2) is 0 Å². The molecule has 0 fully saturated rings. The Kier molecular flexibility index (Phi) is 4.72. The maximum atomic E-state index is 10.6. The van der Waals surface area contributed by atoms with Gasteiger partial charge in [-0.25, -0.2) is 0 Å². The molecule has 0 bridgehead atoms. The van der Waals surface area contributed by atoms with Crippen molar-refractivity contribution < 1.29 is 10.2 Å². The standard InChI is InChI=1S/C22H30O2/c1-14-10-17(11-15(2)19(14)23)8-9-18-12-16(3)20(24)22(7,13-18)21(4,5)6/h8-12,23-24H,13H2,1-7H3. The van der Waals surface area contributed by atoms with Crippen molar-refractivity contribution in [3.63, 3.8) is 0 Å². The van der Waals surface area contributed by atoms with Crippen LogP contribution in [0.5, 0.6) is 5.75 Å². The molecule has 1 aromatic carbocycles. The Morgan fingerprint density at radius 1 is 1.00 bits per heavy atom. The van der Waals surface area contributed by atoms with E-state index in [9.17, 15) is 10.2 Å². The lowest BCUT2D eigenvalue weighted by atomic mass is 9.61. The minimum absolute atomic E-state index is 0.0304. The highest BCUT2D eigenvalue weighted by Crippen LogP contribution is 2.51. The van der Waals surface area contributed by atoms with Gasteiger partial charge in [-0.05, 0) is 72.6 Å². The zero-order valence-corrected chi connectivity index (χ0v) is 16.0. The van der Waals surface area contributed by atoms with Gasteiger partial charge in [-0.2, -0.15) is 0 Å². The number of benzene rings is 1. The monoisotopic (exact) mass is 326 g/mol. The van der Waals surface area contributed by atoms with E-state index in [0.717, 1.165) is 28.7 Å². The third-order valence-electron chi connectivity index (χ3n) is 5.51. The largest absolute Gasteiger partial charge is 0.511 e. The lowest BCUT2D eigenvalue weighted by Crippen LogP contribution is -2.37. The molecule has 2 heteroatoms. The van der Waals surface area contributed by atoms with E-state index in [4.69, 9.17) is 0 Å². The molecule has 0 spiro atoms. The SMILES string of the molecule is CC1=C(O)C(C)(C(C)(C)C)CC(C=Cc2cc(C)c(O)c(C)c2)=C1. The van der Waals surface area contributed by atoms with E-state index in [2.05, 4.69) is 45.9 Å². The van der Waals surface area contributed by atoms with Gasteiger partial charge in [0.1, 0.15) is 11.5 Å². The number of allylic oxidation sites excluding steroid dienone is 5. The molecule has 130 valence electrons. The maximum absolute atomic E-state index is 10.6. The molecule has 1 aromatic rings. The van der Waals surface area contributed by atoms with Crippen molar-refractivity contribution in [1.82, 2.24) is 0 Å². The van der Waals surface area contributed by atoms with Crippen LogP contribution in [0, 0.1) is 24.7 Å². The number of rotatable bonds is 2. The van der Waals surface area contributed by atoms with Gasteiger partial charge in [0.05, 0.1) is 0 Å². The number of phenols is 1. The Labute approximate surface area is 146 Å². The molecule has 0 saturated carbocycles. The van der Waals surface area contributed by atoms with Gasteiger partial charge >= 0.3 is 0 Å². The van der Waals surface area contributed by atoms with Gasteiger partial charge in [-0.3, -0.25) is 0 Å². The highest BCUT2D eigenvalue weighted by Gasteiger charge is 2.43. The molecule has 0 aliphatic heterocycles. The molecule has 0 saturated heterocycles. The van der Waals surface area contributed by atoms with Crippen LogP contribution < -0.4 is 0 Å². The molecule has 24 heavy (non-hydrogen) atoms. The van der Waals surface area contributed by atoms with Gasteiger partial charge in [0.2, 0.25) is 0 Å². The van der Waals surface area contributed by atoms with Crippen LogP contribution in [0.3, 0.4) is 0 Å². The fraction of sp³-hybridized carbons (Fsp3) is 0.455. The summed E-state index contributed by atoms with van der Waals surface area (Å²) >= 11 is 0. The minimum atomic E-state index is -0.272. The van der Waals surface area contributed by atoms with E-state index in [1.165, 1.54) is 5.57 Å². The summed E-state index contributed by atoms with van der Waals surface area (Å²) in [6.45, 7) is 14.5. The first-order valence-corrected chi connectivity index (χ1v) is 8.55. The third kappa shape index (κ3) is 3.28. The quantitative estimate of drug-likeness (QED) is 0.675. The number of hydrogen-bond acceptors (Lipinski definition) is 2. The van der Waals surface area contributed by atoms with E-state index in [-0.39, 0.29) is 10.8 Å². The number of aliphatic hydroxyl groups is 1. The Bertz CT molecular complexity index is 719. The normalized spacial score (nSPS) is 22.2. The van der Waals surface area contributed by atoms with Crippen LogP contribution in [0.25, 0.3) is 6.08 Å². The number of phenolic OH excluding ortho intramolecular Hbond substituents is 1. The molecule has 0 radical (unpaired) electrons. The zero-order valence-electron chi connectivity index (χ0n) is 16.0. The third-order valence-corrected chi connectivity index (χ3v) is 5.51. The number of hydrogen-bond donors (Lipinski definition) is 2. The highest BCUT2D eigenvalue weighted by molar-refractivity contribution is 5.59. The average Bonchev–Trinajstić information content (AvgIpc) is 2.46. The van der Waals surface area contributed by atoms with Crippen LogP contribution in [0.15, 0.2) is 41.2 Å². The van der Waals surface area contributed by atoms with Crippen LogP contribution in [0.4, 0.5) is 0 Å². The summed E-state index contributed by atoms with van der Waals surface area (Å²) in [5.41, 5.74) is 4.71. The predicted octanol–water partition coefficient (Wildman–Crippen LogP) is 6.24. The van der Waals surface area contributed by atoms with Gasteiger partial charge in [-0.15, -0.1) is 0 Å². The Balaban J connectivity index is 2.36. The summed E-state index contributed by atoms with van der Waals surface area (Å²) in [6, 6.07) is 3.98. The summed E-state index contributed by atoms with van der Waals surface area (Å²) < 4.78 is 0. The fourth-order valence-corrected chi connectivity index (χ4v) is 3.34. The van der Waals surface area contributed by atoms with E-state index < -0.39 is 0 Å². The Morgan fingerprint density at radius 3 is 2.04 bits per heavy atom. The fourth-order valence-electron chi connectivity index (χ4n) is 3.34. The molecule has 1 atom stereocenters. The minimum Gasteiger partial charge on any atom is -0.511 e. The van der Waals surface area contributed by atoms with Gasteiger partial charge < -0.3 is 10.2 Å². The van der Waals surface area contributed by atoms with Crippen molar-refractivity contribution in [2.24, 2.45) is 10.8 Å². The van der Waals surface area contributed by atoms with Crippen molar-refractivity contribution >= 4 is 6.08 Å². The molecular formula is C22H30O2. The lowest BCUT2D eigenvalue weighted by Gasteiger charge is -2.44. The average molecular weight is 326 g/mol. The second-order valence-electron chi connectivity index (χ2n) is 8.35. The van der Waals surface area contributed by atoms with Crippen LogP contribution in [0.2, 0.25) is 0 Å². The molecule has 0 aromatic heterocycles. The van der Waals surface area contributed by atoms with Crippen molar-refractivity contribution in [3.8, 4) is 5.75 Å². The first kappa shape index (κ1) is 18.4. The van der Waals surface area contributed by atoms with Crippen LogP contribution in [-0.4, -0.2) is 10.2 Å². The molecule has 1 unspecified atom stereocenters. The highest BCUT2D eigenvalue weighted by atomic mass is 16.3. The molecule has 0 amide bonds. The van der Waals surface area contributed by atoms with E-state index in [0.29, 0.717) is 11.5 Å². The molecule has 2 N–H and O–H groups in total. The first-order chi connectivity index (χ1) is 11.0. The molecule has 2 rings (SSSR count). The molecule has 2 nitrogen and oxygen atoms in total. The maximum Gasteiger partial charge on any atom is 0.121 e. The van der Waals surface area contributed by atoms with Crippen molar-refractivity contribution in [3.05, 3.63) is 57.9 Å². The smallest absolute Gasteiger partial charge is 0.121 e. The van der Waals surface area contributed by atoms with Crippen LogP contribution in [-0.2, 0) is 0 Å². The Morgan fingerprint density at radius 2 is 1.54 bits per heavy atom. The summed E-state index contributed by atoms with van der Waals surface area (Å²) in [4.78, 5) is 0. The summed E-state index contributed by atoms with van der Waals surface area (Å²) in [6.07, 6.45) is 7.10. The Hall–Kier alpha value is -1.96. The number of aliphatic hydroxyl groups excluding tert-OH is 1. The molecule has 1 aliphatic rings. The van der Waals surface area contributed by atoms with E-state index in [1.54, 1.807) is 0 Å². The van der Waals surface area contributed by atoms with Crippen molar-refractivity contribution in [1.29, 1.82) is 0 Å². The predicted molar refractivity (Wildman–Crippen MR) is 102 cm³/mol. The summed E-state index contributed by atoms with van der Waals surface area (Å²) in [5, 5.41) is 20.5. The second-order valence-corrected chi connectivity index (χ2v) is 8.35. The topological polar surface area (TPSA) is 40.5 Å². The van der Waals surface area contributed by atoms with Crippen molar-refractivity contribution in [2.45, 2.75) is 54.9 Å². The summed E-state index contributed by atoms with van der Waals surface area (Å²) in [7, 11) is 0. The van der Waals surface area contributed by atoms with Gasteiger partial charge in [0.25, 0.3) is 0 Å². The molecule has 0 heterocycles. The molecular weight excluding hydrogens is 296 g/mol. The first-order valence-electron chi connectivity index (χ1n) is 8.55. The number of aromatic hydroxyl groups is 1.